The second kappa shape index (κ2) is 6.47. The summed E-state index contributed by atoms with van der Waals surface area (Å²) in [5.41, 5.74) is 0.536. The molecule has 0 radical (unpaired) electrons. The lowest BCUT2D eigenvalue weighted by molar-refractivity contribution is 0.0982. The summed E-state index contributed by atoms with van der Waals surface area (Å²) < 4.78 is 38.3. The van der Waals surface area contributed by atoms with Crippen LogP contribution in [-0.2, 0) is 8.85 Å². The van der Waals surface area contributed by atoms with Crippen molar-refractivity contribution in [2.24, 2.45) is 0 Å². The molecule has 0 aliphatic rings. The van der Waals surface area contributed by atoms with E-state index in [1.54, 1.807) is 30.3 Å². The maximum atomic E-state index is 14.3. The predicted molar refractivity (Wildman–Crippen MR) is 81.8 cm³/mol. The van der Waals surface area contributed by atoms with Crippen molar-refractivity contribution in [3.8, 4) is 11.1 Å². The highest BCUT2D eigenvalue weighted by molar-refractivity contribution is 6.98. The maximum Gasteiger partial charge on any atom is 0.412 e. The molecule has 22 heavy (non-hydrogen) atoms. The van der Waals surface area contributed by atoms with Crippen LogP contribution in [0.5, 0.6) is 0 Å². The first-order valence-corrected chi connectivity index (χ1v) is 8.94. The van der Waals surface area contributed by atoms with E-state index in [1.807, 2.05) is 0 Å². The van der Waals surface area contributed by atoms with E-state index in [-0.39, 0.29) is 11.1 Å². The second-order valence-corrected chi connectivity index (χ2v) is 8.02. The summed E-state index contributed by atoms with van der Waals surface area (Å²) in [6.45, 7) is 1.52. The molecular formula is C16H16F2O3Si. The molecule has 0 aliphatic carbocycles. The van der Waals surface area contributed by atoms with Crippen LogP contribution in [0.2, 0.25) is 6.55 Å². The van der Waals surface area contributed by atoms with Crippen LogP contribution in [0.4, 0.5) is 8.78 Å². The zero-order chi connectivity index (χ0) is 16.3. The Morgan fingerprint density at radius 1 is 1.05 bits per heavy atom. The Labute approximate surface area is 128 Å². The molecule has 0 bridgehead atoms. The van der Waals surface area contributed by atoms with Crippen LogP contribution in [0.1, 0.15) is 10.4 Å². The third-order valence-corrected chi connectivity index (χ3v) is 6.19. The van der Waals surface area contributed by atoms with Crippen molar-refractivity contribution in [1.29, 1.82) is 0 Å². The average molecular weight is 322 g/mol. The van der Waals surface area contributed by atoms with Crippen LogP contribution in [0, 0.1) is 11.6 Å². The third kappa shape index (κ3) is 2.99. The Bertz CT molecular complexity index is 685. The fourth-order valence-electron chi connectivity index (χ4n) is 2.15. The van der Waals surface area contributed by atoms with Gasteiger partial charge in [-0.1, -0.05) is 30.3 Å². The summed E-state index contributed by atoms with van der Waals surface area (Å²) in [6.07, 6.45) is 0. The van der Waals surface area contributed by atoms with Crippen LogP contribution in [0.15, 0.2) is 42.5 Å². The van der Waals surface area contributed by atoms with Crippen molar-refractivity contribution in [3.05, 3.63) is 59.7 Å². The number of carbonyl (C=O) groups is 1. The van der Waals surface area contributed by atoms with Crippen LogP contribution >= 0.6 is 0 Å². The Balaban J connectivity index is 2.68. The fourth-order valence-corrected chi connectivity index (χ4v) is 3.39. The number of rotatable bonds is 5. The molecule has 0 saturated carbocycles. The van der Waals surface area contributed by atoms with Gasteiger partial charge in [-0.15, -0.1) is 0 Å². The summed E-state index contributed by atoms with van der Waals surface area (Å²) in [7, 11) is -0.567. The van der Waals surface area contributed by atoms with Crippen LogP contribution in [0.3, 0.4) is 0 Å². The Hall–Kier alpha value is -1.89. The molecule has 0 heterocycles. The third-order valence-electron chi connectivity index (χ3n) is 3.56. The topological polar surface area (TPSA) is 35.5 Å². The minimum absolute atomic E-state index is 0.191. The smallest absolute Gasteiger partial charge is 0.393 e. The number of halogens is 2. The average Bonchev–Trinajstić information content (AvgIpc) is 2.53. The Kier molecular flexibility index (Phi) is 4.85. The molecule has 0 saturated heterocycles. The standard InChI is InChI=1S/C16H16F2O3Si/c1-20-22(3,21-2)16(19)15-13(9-12(17)10-14(15)18)11-7-5-4-6-8-11/h4-10H,1-3H3. The Morgan fingerprint density at radius 2 is 1.64 bits per heavy atom. The molecule has 6 heteroatoms. The molecule has 0 unspecified atom stereocenters. The maximum absolute atomic E-state index is 14.3. The first-order valence-electron chi connectivity index (χ1n) is 6.62. The normalized spacial score (nSPS) is 11.5. The highest BCUT2D eigenvalue weighted by Gasteiger charge is 2.42. The summed E-state index contributed by atoms with van der Waals surface area (Å²) in [5, 5.41) is -0.575. The fraction of sp³-hybridized carbons (Fsp3) is 0.188. The molecule has 2 rings (SSSR count). The highest BCUT2D eigenvalue weighted by atomic mass is 28.4. The van der Waals surface area contributed by atoms with Gasteiger partial charge in [0.15, 0.2) is 0 Å². The monoisotopic (exact) mass is 322 g/mol. The second-order valence-electron chi connectivity index (χ2n) is 4.86. The number of hydrogen-bond acceptors (Lipinski definition) is 3. The summed E-state index contributed by atoms with van der Waals surface area (Å²) in [4.78, 5) is 12.7. The predicted octanol–water partition coefficient (Wildman–Crippen LogP) is 3.72. The van der Waals surface area contributed by atoms with Gasteiger partial charge in [-0.2, -0.15) is 0 Å². The van der Waals surface area contributed by atoms with Crippen molar-refractivity contribution in [1.82, 2.24) is 0 Å². The van der Waals surface area contributed by atoms with Gasteiger partial charge in [0.1, 0.15) is 11.6 Å². The van der Waals surface area contributed by atoms with Crippen LogP contribution in [-0.4, -0.2) is 28.2 Å². The summed E-state index contributed by atoms with van der Waals surface area (Å²) in [6, 6.07) is 10.5. The van der Waals surface area contributed by atoms with E-state index in [9.17, 15) is 13.6 Å². The van der Waals surface area contributed by atoms with E-state index in [1.165, 1.54) is 20.8 Å². The number of carbonyl (C=O) groups excluding carboxylic acids is 1. The molecule has 0 spiro atoms. The van der Waals surface area contributed by atoms with E-state index in [0.717, 1.165) is 6.07 Å². The molecular weight excluding hydrogens is 306 g/mol. The molecule has 2 aromatic carbocycles. The molecule has 0 amide bonds. The largest absolute Gasteiger partial charge is 0.412 e. The molecule has 2 aromatic rings. The van der Waals surface area contributed by atoms with Crippen LogP contribution in [0.25, 0.3) is 11.1 Å². The molecule has 116 valence electrons. The van der Waals surface area contributed by atoms with E-state index in [4.69, 9.17) is 8.85 Å². The molecule has 3 nitrogen and oxygen atoms in total. The lowest BCUT2D eigenvalue weighted by atomic mass is 9.99. The number of hydrogen-bond donors (Lipinski definition) is 0. The molecule has 0 N–H and O–H groups in total. The van der Waals surface area contributed by atoms with Gasteiger partial charge in [-0.25, -0.2) is 8.78 Å². The van der Waals surface area contributed by atoms with Gasteiger partial charge in [-0.3, -0.25) is 4.79 Å². The lowest BCUT2D eigenvalue weighted by Gasteiger charge is -2.22. The van der Waals surface area contributed by atoms with Gasteiger partial charge in [0.05, 0.1) is 5.56 Å². The SMILES string of the molecule is CO[Si](C)(OC)C(=O)c1c(F)cc(F)cc1-c1ccccc1. The van der Waals surface area contributed by atoms with Crippen LogP contribution < -0.4 is 0 Å². The van der Waals surface area contributed by atoms with E-state index in [0.29, 0.717) is 11.6 Å². The summed E-state index contributed by atoms with van der Waals surface area (Å²) >= 11 is 0. The minimum atomic E-state index is -3.26. The van der Waals surface area contributed by atoms with Crippen molar-refractivity contribution >= 4 is 14.0 Å². The highest BCUT2D eigenvalue weighted by Crippen LogP contribution is 2.30. The molecule has 0 aromatic heterocycles. The van der Waals surface area contributed by atoms with Gasteiger partial charge in [0.2, 0.25) is 5.41 Å². The minimum Gasteiger partial charge on any atom is -0.393 e. The first-order chi connectivity index (χ1) is 10.4. The van der Waals surface area contributed by atoms with Gasteiger partial charge >= 0.3 is 8.56 Å². The Morgan fingerprint density at radius 3 is 2.18 bits per heavy atom. The first kappa shape index (κ1) is 16.5. The molecule has 0 fully saturated rings. The summed E-state index contributed by atoms with van der Waals surface area (Å²) in [5.74, 6) is -1.66. The van der Waals surface area contributed by atoms with Crippen molar-refractivity contribution in [2.75, 3.05) is 14.2 Å². The van der Waals surface area contributed by atoms with Gasteiger partial charge in [-0.05, 0) is 23.7 Å². The van der Waals surface area contributed by atoms with E-state index in [2.05, 4.69) is 0 Å². The van der Waals surface area contributed by atoms with Gasteiger partial charge < -0.3 is 8.85 Å². The lowest BCUT2D eigenvalue weighted by Crippen LogP contribution is -2.46. The van der Waals surface area contributed by atoms with Gasteiger partial charge in [0.25, 0.3) is 0 Å². The zero-order valence-electron chi connectivity index (χ0n) is 12.5. The quantitative estimate of drug-likeness (QED) is 0.787. The molecule has 0 aliphatic heterocycles. The zero-order valence-corrected chi connectivity index (χ0v) is 13.5. The van der Waals surface area contributed by atoms with E-state index >= 15 is 0 Å². The van der Waals surface area contributed by atoms with E-state index < -0.39 is 25.6 Å². The molecule has 0 atom stereocenters. The number of benzene rings is 2. The van der Waals surface area contributed by atoms with Crippen molar-refractivity contribution in [3.63, 3.8) is 0 Å². The van der Waals surface area contributed by atoms with Gasteiger partial charge in [0, 0.05) is 20.3 Å². The van der Waals surface area contributed by atoms with Crippen molar-refractivity contribution in [2.45, 2.75) is 6.55 Å². The van der Waals surface area contributed by atoms with Crippen molar-refractivity contribution < 1.29 is 22.4 Å².